The van der Waals surface area contributed by atoms with Gasteiger partial charge in [0.15, 0.2) is 0 Å². The molecule has 0 radical (unpaired) electrons. The number of nitrogens with zero attached hydrogens (tertiary/aromatic N) is 1. The van der Waals surface area contributed by atoms with Crippen molar-refractivity contribution in [3.63, 3.8) is 0 Å². The van der Waals surface area contributed by atoms with E-state index in [9.17, 15) is 9.59 Å². The molecule has 1 atom stereocenters. The van der Waals surface area contributed by atoms with Crippen molar-refractivity contribution in [3.8, 4) is 0 Å². The molecule has 0 heterocycles. The molecule has 2 amide bonds. The molecule has 20 heavy (non-hydrogen) atoms. The van der Waals surface area contributed by atoms with Crippen molar-refractivity contribution in [3.05, 3.63) is 29.8 Å². The molecular formula is C14H20N2O3S. The molecule has 0 aliphatic heterocycles. The number of amides is 2. The van der Waals surface area contributed by atoms with E-state index in [0.717, 1.165) is 10.5 Å². The number of benzene rings is 1. The van der Waals surface area contributed by atoms with Gasteiger partial charge in [0.2, 0.25) is 0 Å². The summed E-state index contributed by atoms with van der Waals surface area (Å²) in [6, 6.07) is 7.49. The molecule has 0 bridgehead atoms. The number of carboxylic acid groups (broad SMARTS) is 1. The molecule has 0 aromatic heterocycles. The topological polar surface area (TPSA) is 69.6 Å². The Morgan fingerprint density at radius 3 is 2.65 bits per heavy atom. The summed E-state index contributed by atoms with van der Waals surface area (Å²) < 4.78 is 0. The van der Waals surface area contributed by atoms with Crippen molar-refractivity contribution in [1.29, 1.82) is 0 Å². The average molecular weight is 296 g/mol. The normalized spacial score (nSPS) is 11.8. The van der Waals surface area contributed by atoms with Crippen molar-refractivity contribution < 1.29 is 14.7 Å². The van der Waals surface area contributed by atoms with Gasteiger partial charge in [0.05, 0.1) is 12.5 Å². The van der Waals surface area contributed by atoms with Crippen LogP contribution < -0.4 is 5.32 Å². The van der Waals surface area contributed by atoms with Crippen LogP contribution in [0.5, 0.6) is 0 Å². The molecule has 5 nitrogen and oxygen atoms in total. The fraction of sp³-hybridized carbons (Fsp3) is 0.429. The van der Waals surface area contributed by atoms with Crippen molar-refractivity contribution in [2.24, 2.45) is 0 Å². The Kier molecular flexibility index (Phi) is 6.38. The van der Waals surface area contributed by atoms with Gasteiger partial charge in [-0.3, -0.25) is 4.79 Å². The summed E-state index contributed by atoms with van der Waals surface area (Å²) in [7, 11) is 1.59. The van der Waals surface area contributed by atoms with Crippen LogP contribution in [0.4, 0.5) is 4.79 Å². The number of urea groups is 1. The van der Waals surface area contributed by atoms with Gasteiger partial charge >= 0.3 is 12.0 Å². The summed E-state index contributed by atoms with van der Waals surface area (Å²) >= 11 is 1.63. The first-order valence-corrected chi connectivity index (χ1v) is 7.54. The predicted molar refractivity (Wildman–Crippen MR) is 80.1 cm³/mol. The lowest BCUT2D eigenvalue weighted by molar-refractivity contribution is -0.137. The predicted octanol–water partition coefficient (Wildman–Crippen LogP) is 2.59. The second kappa shape index (κ2) is 7.79. The molecule has 0 aliphatic carbocycles. The van der Waals surface area contributed by atoms with Crippen molar-refractivity contribution >= 4 is 23.8 Å². The van der Waals surface area contributed by atoms with Gasteiger partial charge in [0.1, 0.15) is 0 Å². The molecule has 110 valence electrons. The van der Waals surface area contributed by atoms with Crippen molar-refractivity contribution in [2.75, 3.05) is 19.8 Å². The fourth-order valence-electron chi connectivity index (χ4n) is 1.76. The number of hydrogen-bond acceptors (Lipinski definition) is 3. The average Bonchev–Trinajstić information content (AvgIpc) is 2.44. The number of rotatable bonds is 6. The third-order valence-electron chi connectivity index (χ3n) is 2.95. The van der Waals surface area contributed by atoms with Gasteiger partial charge in [-0.1, -0.05) is 18.2 Å². The number of carboxylic acids is 1. The summed E-state index contributed by atoms with van der Waals surface area (Å²) in [6.45, 7) is 2.11. The highest BCUT2D eigenvalue weighted by atomic mass is 32.2. The number of nitrogens with one attached hydrogen (secondary N) is 1. The van der Waals surface area contributed by atoms with E-state index in [2.05, 4.69) is 5.32 Å². The lowest BCUT2D eigenvalue weighted by atomic mass is 10.1. The molecule has 1 aromatic carbocycles. The highest BCUT2D eigenvalue weighted by Gasteiger charge is 2.15. The maximum Gasteiger partial charge on any atom is 0.317 e. The Bertz CT molecular complexity index is 479. The first kappa shape index (κ1) is 16.4. The van der Waals surface area contributed by atoms with Crippen molar-refractivity contribution in [1.82, 2.24) is 10.2 Å². The zero-order valence-corrected chi connectivity index (χ0v) is 12.7. The zero-order valence-electron chi connectivity index (χ0n) is 11.9. The van der Waals surface area contributed by atoms with E-state index in [-0.39, 0.29) is 25.0 Å². The lowest BCUT2D eigenvalue weighted by Gasteiger charge is -2.22. The monoisotopic (exact) mass is 296 g/mol. The maximum atomic E-state index is 12.0. The van der Waals surface area contributed by atoms with Gasteiger partial charge in [-0.15, -0.1) is 11.8 Å². The number of carbonyl (C=O) groups excluding carboxylic acids is 1. The first-order chi connectivity index (χ1) is 9.45. The summed E-state index contributed by atoms with van der Waals surface area (Å²) in [4.78, 5) is 24.9. The van der Waals surface area contributed by atoms with Crippen LogP contribution in [0, 0.1) is 0 Å². The molecule has 0 aliphatic rings. The quantitative estimate of drug-likeness (QED) is 0.792. The van der Waals surface area contributed by atoms with Crippen LogP contribution in [0.2, 0.25) is 0 Å². The Hall–Kier alpha value is -1.69. The minimum atomic E-state index is -0.912. The van der Waals surface area contributed by atoms with E-state index in [1.54, 1.807) is 18.8 Å². The highest BCUT2D eigenvalue weighted by Crippen LogP contribution is 2.25. The number of hydrogen-bond donors (Lipinski definition) is 2. The molecule has 0 saturated heterocycles. The maximum absolute atomic E-state index is 12.0. The summed E-state index contributed by atoms with van der Waals surface area (Å²) in [5.41, 5.74) is 1.06. The standard InChI is InChI=1S/C14H20N2O3S/c1-10(11-6-4-5-7-12(11)20-3)15-14(19)16(2)9-8-13(17)18/h4-7,10H,8-9H2,1-3H3,(H,15,19)(H,17,18)/t10-/m1/s1. The third kappa shape index (κ3) is 4.77. The molecule has 0 saturated carbocycles. The van der Waals surface area contributed by atoms with Crippen molar-refractivity contribution in [2.45, 2.75) is 24.3 Å². The molecule has 1 rings (SSSR count). The Morgan fingerprint density at radius 2 is 2.05 bits per heavy atom. The summed E-state index contributed by atoms with van der Waals surface area (Å²) in [6.07, 6.45) is 1.94. The van der Waals surface area contributed by atoms with E-state index in [1.807, 2.05) is 37.4 Å². The van der Waals surface area contributed by atoms with Gasteiger partial charge in [-0.2, -0.15) is 0 Å². The smallest absolute Gasteiger partial charge is 0.317 e. The largest absolute Gasteiger partial charge is 0.481 e. The zero-order chi connectivity index (χ0) is 15.1. The Morgan fingerprint density at radius 1 is 1.40 bits per heavy atom. The van der Waals surface area contributed by atoms with Crippen LogP contribution in [-0.2, 0) is 4.79 Å². The fourth-order valence-corrected chi connectivity index (χ4v) is 2.46. The highest BCUT2D eigenvalue weighted by molar-refractivity contribution is 7.98. The SMILES string of the molecule is CSc1ccccc1[C@@H](C)NC(=O)N(C)CCC(=O)O. The lowest BCUT2D eigenvalue weighted by Crippen LogP contribution is -2.39. The molecule has 1 aromatic rings. The van der Waals surface area contributed by atoms with Crippen LogP contribution in [-0.4, -0.2) is 41.9 Å². The van der Waals surface area contributed by atoms with Gasteiger partial charge in [0, 0.05) is 18.5 Å². The second-order valence-corrected chi connectivity index (χ2v) is 5.33. The second-order valence-electron chi connectivity index (χ2n) is 4.48. The number of carbonyl (C=O) groups is 2. The van der Waals surface area contributed by atoms with Crippen LogP contribution in [0.1, 0.15) is 24.9 Å². The Balaban J connectivity index is 2.63. The molecule has 6 heteroatoms. The first-order valence-electron chi connectivity index (χ1n) is 6.32. The van der Waals surface area contributed by atoms with Crippen LogP contribution in [0.15, 0.2) is 29.2 Å². The van der Waals surface area contributed by atoms with E-state index < -0.39 is 5.97 Å². The molecular weight excluding hydrogens is 276 g/mol. The molecule has 0 unspecified atom stereocenters. The van der Waals surface area contributed by atoms with E-state index >= 15 is 0 Å². The van der Waals surface area contributed by atoms with Gasteiger partial charge in [0.25, 0.3) is 0 Å². The van der Waals surface area contributed by atoms with Gasteiger partial charge < -0.3 is 15.3 Å². The third-order valence-corrected chi connectivity index (χ3v) is 3.76. The number of thioether (sulfide) groups is 1. The summed E-state index contributed by atoms with van der Waals surface area (Å²) in [5, 5.41) is 11.5. The minimum absolute atomic E-state index is 0.0559. The van der Waals surface area contributed by atoms with E-state index in [0.29, 0.717) is 0 Å². The van der Waals surface area contributed by atoms with Crippen LogP contribution >= 0.6 is 11.8 Å². The summed E-state index contributed by atoms with van der Waals surface area (Å²) in [5.74, 6) is -0.912. The van der Waals surface area contributed by atoms with E-state index in [1.165, 1.54) is 4.90 Å². The van der Waals surface area contributed by atoms with Gasteiger partial charge in [-0.05, 0) is 24.8 Å². The van der Waals surface area contributed by atoms with E-state index in [4.69, 9.17) is 5.11 Å². The number of aliphatic carboxylic acids is 1. The molecule has 2 N–H and O–H groups in total. The van der Waals surface area contributed by atoms with Gasteiger partial charge in [-0.25, -0.2) is 4.79 Å². The van der Waals surface area contributed by atoms with Crippen LogP contribution in [0.25, 0.3) is 0 Å². The Labute approximate surface area is 123 Å². The molecule has 0 spiro atoms. The minimum Gasteiger partial charge on any atom is -0.481 e. The molecule has 0 fully saturated rings. The van der Waals surface area contributed by atoms with Crippen LogP contribution in [0.3, 0.4) is 0 Å².